The van der Waals surface area contributed by atoms with Gasteiger partial charge in [0.25, 0.3) is 0 Å². The quantitative estimate of drug-likeness (QED) is 0.877. The molecular formula is C13H17NOS. The minimum atomic E-state index is 0.254. The first kappa shape index (κ1) is 11.4. The van der Waals surface area contributed by atoms with Gasteiger partial charge in [0.15, 0.2) is 0 Å². The molecule has 0 saturated heterocycles. The van der Waals surface area contributed by atoms with Crippen molar-refractivity contribution in [1.82, 2.24) is 5.32 Å². The van der Waals surface area contributed by atoms with Gasteiger partial charge in [-0.3, -0.25) is 0 Å². The zero-order valence-corrected chi connectivity index (χ0v) is 10.7. The molecule has 0 spiro atoms. The van der Waals surface area contributed by atoms with Crippen LogP contribution in [0.25, 0.3) is 0 Å². The number of nitrogens with one attached hydrogen (secondary N) is 1. The van der Waals surface area contributed by atoms with E-state index in [9.17, 15) is 0 Å². The second-order valence-corrected chi connectivity index (χ2v) is 5.01. The number of hydrogen-bond donors (Lipinski definition) is 1. The minimum absolute atomic E-state index is 0.254. The number of thiophene rings is 1. The van der Waals surface area contributed by atoms with E-state index in [1.807, 2.05) is 31.4 Å². The average Bonchev–Trinajstić information content (AvgIpc) is 2.90. The maximum atomic E-state index is 5.37. The molecule has 2 heterocycles. The number of aryl methyl sites for hydroxylation is 2. The summed E-state index contributed by atoms with van der Waals surface area (Å²) in [6, 6.07) is 6.71. The first-order valence-electron chi connectivity index (χ1n) is 5.56. The molecule has 2 aromatic rings. The summed E-state index contributed by atoms with van der Waals surface area (Å²) in [7, 11) is 1.99. The van der Waals surface area contributed by atoms with Crippen molar-refractivity contribution >= 4 is 11.3 Å². The van der Waals surface area contributed by atoms with Crippen molar-refractivity contribution in [2.45, 2.75) is 26.3 Å². The maximum absolute atomic E-state index is 5.37. The molecule has 16 heavy (non-hydrogen) atoms. The third-order valence-electron chi connectivity index (χ3n) is 2.81. The van der Waals surface area contributed by atoms with Gasteiger partial charge in [-0.25, -0.2) is 0 Å². The Morgan fingerprint density at radius 2 is 2.19 bits per heavy atom. The lowest BCUT2D eigenvalue weighted by Crippen LogP contribution is -2.16. The number of furan rings is 1. The molecule has 0 aliphatic carbocycles. The van der Waals surface area contributed by atoms with Crippen LogP contribution in [0.3, 0.4) is 0 Å². The first-order chi connectivity index (χ1) is 7.76. The van der Waals surface area contributed by atoms with Gasteiger partial charge < -0.3 is 9.73 Å². The third kappa shape index (κ3) is 2.06. The summed E-state index contributed by atoms with van der Waals surface area (Å²) in [6.07, 6.45) is 2.86. The van der Waals surface area contributed by atoms with Crippen LogP contribution >= 0.6 is 11.3 Å². The van der Waals surface area contributed by atoms with Gasteiger partial charge in [-0.05, 0) is 38.6 Å². The first-order valence-corrected chi connectivity index (χ1v) is 6.37. The minimum Gasteiger partial charge on any atom is -0.469 e. The van der Waals surface area contributed by atoms with Gasteiger partial charge in [0.2, 0.25) is 0 Å². The van der Waals surface area contributed by atoms with Crippen molar-refractivity contribution in [2.75, 3.05) is 7.05 Å². The fourth-order valence-electron chi connectivity index (χ4n) is 1.88. The summed E-state index contributed by atoms with van der Waals surface area (Å²) in [6.45, 7) is 4.20. The molecule has 1 unspecified atom stereocenters. The van der Waals surface area contributed by atoms with Crippen LogP contribution in [-0.4, -0.2) is 7.05 Å². The van der Waals surface area contributed by atoms with Crippen LogP contribution in [0.5, 0.6) is 0 Å². The van der Waals surface area contributed by atoms with Gasteiger partial charge in [-0.15, -0.1) is 11.3 Å². The Kier molecular flexibility index (Phi) is 3.46. The molecule has 0 bridgehead atoms. The van der Waals surface area contributed by atoms with Gasteiger partial charge in [0, 0.05) is 15.3 Å². The van der Waals surface area contributed by atoms with Gasteiger partial charge in [-0.2, -0.15) is 0 Å². The van der Waals surface area contributed by atoms with Crippen LogP contribution in [0, 0.1) is 6.92 Å². The Morgan fingerprint density at radius 3 is 2.69 bits per heavy atom. The lowest BCUT2D eigenvalue weighted by atomic mass is 10.1. The summed E-state index contributed by atoms with van der Waals surface area (Å²) in [5.41, 5.74) is 1.23. The van der Waals surface area contributed by atoms with Crippen LogP contribution in [0.1, 0.15) is 34.0 Å². The Balaban J connectivity index is 2.32. The molecule has 0 aliphatic rings. The Bertz CT molecular complexity index is 458. The SMILES string of the molecule is CCc1ccc(C(NC)c2ccoc2C)s1. The number of hydrogen-bond acceptors (Lipinski definition) is 3. The van der Waals surface area contributed by atoms with Crippen molar-refractivity contribution in [3.8, 4) is 0 Å². The zero-order valence-electron chi connectivity index (χ0n) is 9.91. The van der Waals surface area contributed by atoms with Gasteiger partial charge in [-0.1, -0.05) is 6.92 Å². The topological polar surface area (TPSA) is 25.2 Å². The van der Waals surface area contributed by atoms with E-state index in [1.54, 1.807) is 6.26 Å². The predicted octanol–water partition coefficient (Wildman–Crippen LogP) is 3.52. The van der Waals surface area contributed by atoms with Crippen LogP contribution in [-0.2, 0) is 6.42 Å². The van der Waals surface area contributed by atoms with Crippen molar-refractivity contribution in [2.24, 2.45) is 0 Å². The molecule has 1 N–H and O–H groups in total. The normalized spacial score (nSPS) is 12.9. The zero-order chi connectivity index (χ0) is 11.5. The molecule has 2 rings (SSSR count). The largest absolute Gasteiger partial charge is 0.469 e. The van der Waals surface area contributed by atoms with Crippen LogP contribution < -0.4 is 5.32 Å². The Labute approximate surface area is 100 Å². The van der Waals surface area contributed by atoms with E-state index in [2.05, 4.69) is 24.4 Å². The van der Waals surface area contributed by atoms with Gasteiger partial charge in [0.1, 0.15) is 5.76 Å². The highest BCUT2D eigenvalue weighted by molar-refractivity contribution is 7.12. The molecule has 0 aliphatic heterocycles. The summed E-state index contributed by atoms with van der Waals surface area (Å²) in [5.74, 6) is 0.991. The smallest absolute Gasteiger partial charge is 0.105 e. The second kappa shape index (κ2) is 4.85. The van der Waals surface area contributed by atoms with E-state index in [4.69, 9.17) is 4.42 Å². The molecule has 2 nitrogen and oxygen atoms in total. The molecular weight excluding hydrogens is 218 g/mol. The fourth-order valence-corrected chi connectivity index (χ4v) is 2.97. The van der Waals surface area contributed by atoms with Crippen LogP contribution in [0.15, 0.2) is 28.9 Å². The van der Waals surface area contributed by atoms with E-state index in [-0.39, 0.29) is 6.04 Å². The molecule has 0 aromatic carbocycles. The standard InChI is InChI=1S/C13H17NOS/c1-4-10-5-6-12(16-10)13(14-3)11-7-8-15-9(11)2/h5-8,13-14H,4H2,1-3H3. The van der Waals surface area contributed by atoms with E-state index in [0.29, 0.717) is 0 Å². The third-order valence-corrected chi connectivity index (χ3v) is 4.11. The van der Waals surface area contributed by atoms with Crippen LogP contribution in [0.2, 0.25) is 0 Å². The highest BCUT2D eigenvalue weighted by Gasteiger charge is 2.17. The van der Waals surface area contributed by atoms with E-state index >= 15 is 0 Å². The molecule has 0 radical (unpaired) electrons. The Morgan fingerprint density at radius 1 is 1.38 bits per heavy atom. The van der Waals surface area contributed by atoms with Crippen molar-refractivity contribution in [3.63, 3.8) is 0 Å². The van der Waals surface area contributed by atoms with Crippen molar-refractivity contribution < 1.29 is 4.42 Å². The summed E-state index contributed by atoms with van der Waals surface area (Å²) in [4.78, 5) is 2.78. The van der Waals surface area contributed by atoms with Crippen LogP contribution in [0.4, 0.5) is 0 Å². The summed E-state index contributed by atoms with van der Waals surface area (Å²) < 4.78 is 5.37. The second-order valence-electron chi connectivity index (χ2n) is 3.81. The number of rotatable bonds is 4. The highest BCUT2D eigenvalue weighted by Crippen LogP contribution is 2.30. The van der Waals surface area contributed by atoms with Gasteiger partial charge >= 0.3 is 0 Å². The molecule has 1 atom stereocenters. The fraction of sp³-hybridized carbons (Fsp3) is 0.385. The Hall–Kier alpha value is -1.06. The maximum Gasteiger partial charge on any atom is 0.105 e. The highest BCUT2D eigenvalue weighted by atomic mass is 32.1. The molecule has 0 saturated carbocycles. The monoisotopic (exact) mass is 235 g/mol. The predicted molar refractivity (Wildman–Crippen MR) is 68.0 cm³/mol. The molecule has 0 fully saturated rings. The van der Waals surface area contributed by atoms with Crippen molar-refractivity contribution in [1.29, 1.82) is 0 Å². The summed E-state index contributed by atoms with van der Waals surface area (Å²) >= 11 is 1.87. The molecule has 0 amide bonds. The lowest BCUT2D eigenvalue weighted by Gasteiger charge is -2.13. The average molecular weight is 235 g/mol. The van der Waals surface area contributed by atoms with Gasteiger partial charge in [0.05, 0.1) is 12.3 Å². The van der Waals surface area contributed by atoms with E-state index in [0.717, 1.165) is 12.2 Å². The summed E-state index contributed by atoms with van der Waals surface area (Å²) in [5, 5.41) is 3.35. The molecule has 2 aromatic heterocycles. The van der Waals surface area contributed by atoms with E-state index < -0.39 is 0 Å². The van der Waals surface area contributed by atoms with E-state index in [1.165, 1.54) is 15.3 Å². The lowest BCUT2D eigenvalue weighted by molar-refractivity contribution is 0.524. The molecule has 86 valence electrons. The molecule has 3 heteroatoms. The van der Waals surface area contributed by atoms with Crippen molar-refractivity contribution in [3.05, 3.63) is 45.5 Å².